The second-order valence-electron chi connectivity index (χ2n) is 4.86. The molecule has 0 radical (unpaired) electrons. The fraction of sp³-hybridized carbons (Fsp3) is 0.357. The molecule has 116 valence electrons. The summed E-state index contributed by atoms with van der Waals surface area (Å²) in [7, 11) is 0. The van der Waals surface area contributed by atoms with Gasteiger partial charge in [-0.2, -0.15) is 0 Å². The lowest BCUT2D eigenvalue weighted by Crippen LogP contribution is -2.13. The van der Waals surface area contributed by atoms with Gasteiger partial charge in [0.15, 0.2) is 0 Å². The Morgan fingerprint density at radius 2 is 2.14 bits per heavy atom. The Morgan fingerprint density at radius 3 is 2.82 bits per heavy atom. The number of rotatable bonds is 6. The van der Waals surface area contributed by atoms with E-state index in [1.165, 1.54) is 29.5 Å². The first-order valence-electron chi connectivity index (χ1n) is 6.91. The van der Waals surface area contributed by atoms with Crippen LogP contribution < -0.4 is 5.32 Å². The van der Waals surface area contributed by atoms with Crippen molar-refractivity contribution in [3.05, 3.63) is 45.0 Å². The molecule has 22 heavy (non-hydrogen) atoms. The van der Waals surface area contributed by atoms with E-state index in [-0.39, 0.29) is 17.2 Å². The Bertz CT molecular complexity index is 686. The van der Waals surface area contributed by atoms with Gasteiger partial charge in [-0.15, -0.1) is 10.2 Å². The Labute approximate surface area is 131 Å². The van der Waals surface area contributed by atoms with Gasteiger partial charge in [-0.25, -0.2) is 0 Å². The molecule has 0 bridgehead atoms. The van der Waals surface area contributed by atoms with E-state index in [2.05, 4.69) is 29.4 Å². The molecule has 1 aromatic carbocycles. The fourth-order valence-corrected chi connectivity index (χ4v) is 2.85. The maximum Gasteiger partial charge on any atom is 0.282 e. The number of benzene rings is 1. The number of para-hydroxylation sites is 1. The summed E-state index contributed by atoms with van der Waals surface area (Å²) in [6.07, 6.45) is 2.03. The number of nitro benzene ring substituents is 1. The molecule has 1 atom stereocenters. The molecule has 0 fully saturated rings. The molecular formula is C14H16N4O3S. The molecule has 1 amide bonds. The van der Waals surface area contributed by atoms with E-state index in [1.54, 1.807) is 6.07 Å². The van der Waals surface area contributed by atoms with E-state index in [1.807, 2.05) is 0 Å². The Hall–Kier alpha value is -2.35. The Kier molecular flexibility index (Phi) is 5.16. The second-order valence-corrected chi connectivity index (χ2v) is 5.87. The van der Waals surface area contributed by atoms with Gasteiger partial charge < -0.3 is 0 Å². The van der Waals surface area contributed by atoms with Crippen molar-refractivity contribution in [3.63, 3.8) is 0 Å². The molecule has 7 nitrogen and oxygen atoms in total. The highest BCUT2D eigenvalue weighted by molar-refractivity contribution is 7.15. The van der Waals surface area contributed by atoms with Crippen molar-refractivity contribution in [1.82, 2.24) is 10.2 Å². The molecule has 2 aromatic rings. The lowest BCUT2D eigenvalue weighted by Gasteiger charge is -2.03. The molecule has 1 heterocycles. The van der Waals surface area contributed by atoms with Gasteiger partial charge in [0.2, 0.25) is 5.13 Å². The van der Waals surface area contributed by atoms with Gasteiger partial charge in [0, 0.05) is 12.0 Å². The van der Waals surface area contributed by atoms with Crippen LogP contribution in [0.3, 0.4) is 0 Å². The Balaban J connectivity index is 2.15. The molecule has 1 aromatic heterocycles. The molecular weight excluding hydrogens is 304 g/mol. The number of nitrogens with zero attached hydrogens (tertiary/aromatic N) is 3. The van der Waals surface area contributed by atoms with Crippen molar-refractivity contribution in [1.29, 1.82) is 0 Å². The fourth-order valence-electron chi connectivity index (χ4n) is 2.03. The summed E-state index contributed by atoms with van der Waals surface area (Å²) < 4.78 is 0. The van der Waals surface area contributed by atoms with Gasteiger partial charge in [-0.3, -0.25) is 20.2 Å². The Morgan fingerprint density at radius 1 is 1.41 bits per heavy atom. The van der Waals surface area contributed by atoms with Gasteiger partial charge in [-0.1, -0.05) is 43.7 Å². The van der Waals surface area contributed by atoms with E-state index in [0.29, 0.717) is 5.13 Å². The summed E-state index contributed by atoms with van der Waals surface area (Å²) in [6.45, 7) is 4.15. The van der Waals surface area contributed by atoms with E-state index < -0.39 is 10.8 Å². The van der Waals surface area contributed by atoms with E-state index in [4.69, 9.17) is 0 Å². The van der Waals surface area contributed by atoms with Crippen molar-refractivity contribution in [3.8, 4) is 0 Å². The number of carbonyl (C=O) groups excluding carboxylic acids is 1. The third kappa shape index (κ3) is 3.64. The monoisotopic (exact) mass is 320 g/mol. The molecule has 0 spiro atoms. The largest absolute Gasteiger partial charge is 0.296 e. The van der Waals surface area contributed by atoms with Crippen LogP contribution in [-0.4, -0.2) is 21.0 Å². The number of carbonyl (C=O) groups is 1. The van der Waals surface area contributed by atoms with Crippen molar-refractivity contribution < 1.29 is 9.72 Å². The van der Waals surface area contributed by atoms with Gasteiger partial charge in [0.1, 0.15) is 10.6 Å². The average Bonchev–Trinajstić information content (AvgIpc) is 2.96. The summed E-state index contributed by atoms with van der Waals surface area (Å²) in [6, 6.07) is 5.81. The van der Waals surface area contributed by atoms with Gasteiger partial charge >= 0.3 is 0 Å². The summed E-state index contributed by atoms with van der Waals surface area (Å²) in [5, 5.41) is 22.7. The zero-order valence-corrected chi connectivity index (χ0v) is 13.1. The van der Waals surface area contributed by atoms with E-state index >= 15 is 0 Å². The number of amides is 1. The van der Waals surface area contributed by atoms with Crippen molar-refractivity contribution in [2.75, 3.05) is 5.32 Å². The topological polar surface area (TPSA) is 98.0 Å². The van der Waals surface area contributed by atoms with Crippen LogP contribution in [0.2, 0.25) is 0 Å². The van der Waals surface area contributed by atoms with Crippen molar-refractivity contribution in [2.45, 2.75) is 32.6 Å². The molecule has 0 saturated heterocycles. The summed E-state index contributed by atoms with van der Waals surface area (Å²) in [5.41, 5.74) is -0.227. The highest BCUT2D eigenvalue weighted by atomic mass is 32.1. The summed E-state index contributed by atoms with van der Waals surface area (Å²) in [5.74, 6) is -0.280. The van der Waals surface area contributed by atoms with E-state index in [0.717, 1.165) is 17.8 Å². The highest BCUT2D eigenvalue weighted by Crippen LogP contribution is 2.27. The zero-order chi connectivity index (χ0) is 16.1. The summed E-state index contributed by atoms with van der Waals surface area (Å²) >= 11 is 1.29. The number of aromatic nitrogens is 2. The van der Waals surface area contributed by atoms with Gasteiger partial charge in [-0.05, 0) is 12.5 Å². The van der Waals surface area contributed by atoms with Crippen molar-refractivity contribution >= 4 is 28.1 Å². The SMILES string of the molecule is CCC[C@H](C)c1nnc(NC(=O)c2ccccc2[N+](=O)[O-])s1. The third-order valence-corrected chi connectivity index (χ3v) is 4.22. The first-order valence-corrected chi connectivity index (χ1v) is 7.72. The molecule has 0 unspecified atom stereocenters. The lowest BCUT2D eigenvalue weighted by molar-refractivity contribution is -0.385. The van der Waals surface area contributed by atoms with Gasteiger partial charge in [0.25, 0.3) is 11.6 Å². The van der Waals surface area contributed by atoms with Crippen LogP contribution in [0, 0.1) is 10.1 Å². The first-order chi connectivity index (χ1) is 10.5. The standard InChI is InChI=1S/C14H16N4O3S/c1-3-6-9(2)13-16-17-14(22-13)15-12(19)10-7-4-5-8-11(10)18(20)21/h4-5,7-9H,3,6H2,1-2H3,(H,15,17,19)/t9-/m0/s1. The van der Waals surface area contributed by atoms with Crippen LogP contribution in [0.4, 0.5) is 10.8 Å². The number of nitro groups is 1. The van der Waals surface area contributed by atoms with Crippen LogP contribution in [0.25, 0.3) is 0 Å². The minimum Gasteiger partial charge on any atom is -0.296 e. The first kappa shape index (κ1) is 16.0. The normalized spacial score (nSPS) is 11.9. The van der Waals surface area contributed by atoms with Crippen molar-refractivity contribution in [2.24, 2.45) is 0 Å². The second kappa shape index (κ2) is 7.08. The number of hydrogen-bond acceptors (Lipinski definition) is 6. The maximum absolute atomic E-state index is 12.2. The summed E-state index contributed by atoms with van der Waals surface area (Å²) in [4.78, 5) is 22.5. The number of anilines is 1. The molecule has 0 saturated carbocycles. The molecule has 2 rings (SSSR count). The predicted octanol–water partition coefficient (Wildman–Crippen LogP) is 3.60. The smallest absolute Gasteiger partial charge is 0.282 e. The van der Waals surface area contributed by atoms with Gasteiger partial charge in [0.05, 0.1) is 4.92 Å². The van der Waals surface area contributed by atoms with E-state index in [9.17, 15) is 14.9 Å². The van der Waals surface area contributed by atoms with Crippen LogP contribution in [0.5, 0.6) is 0 Å². The van der Waals surface area contributed by atoms with Crippen LogP contribution in [0.15, 0.2) is 24.3 Å². The van der Waals surface area contributed by atoms with Crippen LogP contribution >= 0.6 is 11.3 Å². The zero-order valence-electron chi connectivity index (χ0n) is 12.3. The maximum atomic E-state index is 12.2. The minimum atomic E-state index is -0.580. The molecule has 0 aliphatic carbocycles. The predicted molar refractivity (Wildman–Crippen MR) is 84.3 cm³/mol. The van der Waals surface area contributed by atoms with Crippen LogP contribution in [-0.2, 0) is 0 Å². The quantitative estimate of drug-likeness (QED) is 0.647. The highest BCUT2D eigenvalue weighted by Gasteiger charge is 2.20. The lowest BCUT2D eigenvalue weighted by atomic mass is 10.1. The third-order valence-electron chi connectivity index (χ3n) is 3.15. The van der Waals surface area contributed by atoms with Crippen LogP contribution in [0.1, 0.15) is 48.0 Å². The molecule has 0 aliphatic heterocycles. The number of nitrogens with one attached hydrogen (secondary N) is 1. The molecule has 0 aliphatic rings. The average molecular weight is 320 g/mol. The number of hydrogen-bond donors (Lipinski definition) is 1. The minimum absolute atomic E-state index is 0.00542. The molecule has 8 heteroatoms. The molecule has 1 N–H and O–H groups in total.